The molecule has 0 bridgehead atoms. The van der Waals surface area contributed by atoms with Crippen molar-refractivity contribution in [3.05, 3.63) is 47.0 Å². The first kappa shape index (κ1) is 18.9. The number of hydrogen-bond acceptors (Lipinski definition) is 3. The minimum Gasteiger partial charge on any atom is -0.481 e. The monoisotopic (exact) mass is 344 g/mol. The molecule has 0 saturated heterocycles. The second-order valence-corrected chi connectivity index (χ2v) is 6.71. The Kier molecular flexibility index (Phi) is 6.51. The van der Waals surface area contributed by atoms with E-state index >= 15 is 0 Å². The zero-order valence-electron chi connectivity index (χ0n) is 14.4. The molecule has 1 aromatic carbocycles. The lowest BCUT2D eigenvalue weighted by atomic mass is 9.84. The summed E-state index contributed by atoms with van der Waals surface area (Å²) in [5.41, 5.74) is 1.23. The van der Waals surface area contributed by atoms with E-state index in [1.165, 1.54) is 0 Å². The van der Waals surface area contributed by atoms with Gasteiger partial charge in [0.2, 0.25) is 0 Å². The van der Waals surface area contributed by atoms with E-state index in [4.69, 9.17) is 0 Å². The highest BCUT2D eigenvalue weighted by Crippen LogP contribution is 2.29. The molecule has 1 saturated carbocycles. The number of carbonyl (C=O) groups is 3. The van der Waals surface area contributed by atoms with E-state index in [0.29, 0.717) is 5.56 Å². The molecule has 134 valence electrons. The largest absolute Gasteiger partial charge is 0.481 e. The van der Waals surface area contributed by atoms with E-state index in [2.05, 4.69) is 0 Å². The Labute approximate surface area is 147 Å². The Bertz CT molecular complexity index is 666. The van der Waals surface area contributed by atoms with E-state index in [-0.39, 0.29) is 23.7 Å². The van der Waals surface area contributed by atoms with E-state index in [1.807, 2.05) is 6.92 Å². The molecule has 0 spiro atoms. The molecule has 5 nitrogen and oxygen atoms in total. The predicted octanol–water partition coefficient (Wildman–Crippen LogP) is 3.86. The predicted molar refractivity (Wildman–Crippen MR) is 93.5 cm³/mol. The van der Waals surface area contributed by atoms with Gasteiger partial charge in [-0.1, -0.05) is 55.2 Å². The molecule has 0 aromatic heterocycles. The van der Waals surface area contributed by atoms with E-state index in [1.54, 1.807) is 30.3 Å². The molecule has 0 aliphatic heterocycles. The van der Waals surface area contributed by atoms with Crippen molar-refractivity contribution in [2.75, 3.05) is 0 Å². The quantitative estimate of drug-likeness (QED) is 0.579. The molecule has 1 unspecified atom stereocenters. The Balaban J connectivity index is 2.22. The Morgan fingerprint density at radius 2 is 1.68 bits per heavy atom. The van der Waals surface area contributed by atoms with Crippen LogP contribution in [0.1, 0.15) is 54.4 Å². The molecule has 0 heterocycles. The molecule has 1 aliphatic rings. The minimum atomic E-state index is -1.33. The van der Waals surface area contributed by atoms with Crippen LogP contribution in [0.25, 0.3) is 0 Å². The number of carbonyl (C=O) groups excluding carboxylic acids is 1. The summed E-state index contributed by atoms with van der Waals surface area (Å²) in [6.45, 7) is 1.89. The Morgan fingerprint density at radius 3 is 2.20 bits per heavy atom. The molecule has 0 radical (unpaired) electrons. The maximum absolute atomic E-state index is 12.4. The molecule has 1 aromatic rings. The summed E-state index contributed by atoms with van der Waals surface area (Å²) >= 11 is 0. The van der Waals surface area contributed by atoms with E-state index in [9.17, 15) is 24.6 Å². The fourth-order valence-electron chi connectivity index (χ4n) is 3.26. The molecular formula is C20H24O5. The van der Waals surface area contributed by atoms with Gasteiger partial charge in [-0.05, 0) is 25.7 Å². The van der Waals surface area contributed by atoms with Crippen LogP contribution in [0.15, 0.2) is 35.9 Å². The summed E-state index contributed by atoms with van der Waals surface area (Å²) in [6, 6.07) is 6.84. The highest BCUT2D eigenvalue weighted by molar-refractivity contribution is 6.01. The van der Waals surface area contributed by atoms with Gasteiger partial charge >= 0.3 is 11.9 Å². The van der Waals surface area contributed by atoms with Gasteiger partial charge < -0.3 is 10.2 Å². The van der Waals surface area contributed by atoms with Crippen molar-refractivity contribution < 1.29 is 24.6 Å². The maximum atomic E-state index is 12.4. The molecular weight excluding hydrogens is 320 g/mol. The zero-order chi connectivity index (χ0) is 18.4. The van der Waals surface area contributed by atoms with Gasteiger partial charge in [0.1, 0.15) is 0 Å². The van der Waals surface area contributed by atoms with Crippen molar-refractivity contribution in [3.63, 3.8) is 0 Å². The molecule has 1 aliphatic carbocycles. The number of benzene rings is 1. The summed E-state index contributed by atoms with van der Waals surface area (Å²) in [7, 11) is 0. The lowest BCUT2D eigenvalue weighted by Gasteiger charge is -2.21. The van der Waals surface area contributed by atoms with E-state index in [0.717, 1.165) is 37.7 Å². The summed E-state index contributed by atoms with van der Waals surface area (Å²) in [5, 5.41) is 19.0. The van der Waals surface area contributed by atoms with Crippen LogP contribution in [-0.2, 0) is 9.59 Å². The van der Waals surface area contributed by atoms with Gasteiger partial charge in [0, 0.05) is 17.6 Å². The second-order valence-electron chi connectivity index (χ2n) is 6.71. The lowest BCUT2D eigenvalue weighted by Crippen LogP contribution is -2.25. The number of Topliss-reactive ketones (excluding diaryl/α,β-unsaturated/α-hetero) is 1. The van der Waals surface area contributed by atoms with Crippen LogP contribution in [-0.4, -0.2) is 27.9 Å². The molecule has 5 heteroatoms. The number of carboxylic acid groups (broad SMARTS) is 2. The van der Waals surface area contributed by atoms with Gasteiger partial charge in [0.25, 0.3) is 0 Å². The third-order valence-electron chi connectivity index (χ3n) is 4.75. The standard InChI is InChI=1S/C20H24O5/c1-13-7-9-15(10-8-13)18(21)12-17(20(24)25)16(19(22)23)11-14-5-3-2-4-6-14/h7-11,14,17H,2-6,12H2,1H3,(H,22,23)(H,24,25). The Hall–Kier alpha value is -2.43. The first-order valence-corrected chi connectivity index (χ1v) is 8.66. The van der Waals surface area contributed by atoms with Crippen LogP contribution in [0, 0.1) is 18.8 Å². The SMILES string of the molecule is Cc1ccc(C(=O)CC(C(=O)O)C(=CC2CCCCC2)C(=O)O)cc1. The molecule has 1 fully saturated rings. The third kappa shape index (κ3) is 5.28. The number of aryl methyl sites for hydroxylation is 1. The van der Waals surface area contributed by atoms with Crippen molar-refractivity contribution in [1.29, 1.82) is 0 Å². The van der Waals surface area contributed by atoms with Crippen molar-refractivity contribution in [2.24, 2.45) is 11.8 Å². The van der Waals surface area contributed by atoms with Gasteiger partial charge in [-0.2, -0.15) is 0 Å². The third-order valence-corrected chi connectivity index (χ3v) is 4.75. The van der Waals surface area contributed by atoms with Crippen molar-refractivity contribution in [1.82, 2.24) is 0 Å². The average Bonchev–Trinajstić information content (AvgIpc) is 2.59. The van der Waals surface area contributed by atoms with Gasteiger partial charge in [0.05, 0.1) is 5.92 Å². The van der Waals surface area contributed by atoms with Crippen LogP contribution in [0.4, 0.5) is 0 Å². The van der Waals surface area contributed by atoms with Gasteiger partial charge in [-0.15, -0.1) is 0 Å². The molecule has 1 atom stereocenters. The minimum absolute atomic E-state index is 0.0798. The highest BCUT2D eigenvalue weighted by atomic mass is 16.4. The average molecular weight is 344 g/mol. The molecule has 0 amide bonds. The van der Waals surface area contributed by atoms with Crippen molar-refractivity contribution >= 4 is 17.7 Å². The second kappa shape index (κ2) is 8.60. The van der Waals surface area contributed by atoms with Crippen LogP contribution in [0.3, 0.4) is 0 Å². The number of rotatable bonds is 7. The van der Waals surface area contributed by atoms with Gasteiger partial charge in [-0.25, -0.2) is 4.79 Å². The summed E-state index contributed by atoms with van der Waals surface area (Å²) in [5.74, 6) is -4.13. The maximum Gasteiger partial charge on any atom is 0.332 e. The number of carboxylic acids is 2. The van der Waals surface area contributed by atoms with Crippen LogP contribution < -0.4 is 0 Å². The first-order chi connectivity index (χ1) is 11.9. The highest BCUT2D eigenvalue weighted by Gasteiger charge is 2.31. The fraction of sp³-hybridized carbons (Fsp3) is 0.450. The van der Waals surface area contributed by atoms with Crippen LogP contribution >= 0.6 is 0 Å². The van der Waals surface area contributed by atoms with Gasteiger partial charge in [-0.3, -0.25) is 9.59 Å². The lowest BCUT2D eigenvalue weighted by molar-refractivity contribution is -0.143. The van der Waals surface area contributed by atoms with Crippen LogP contribution in [0.5, 0.6) is 0 Å². The fourth-order valence-corrected chi connectivity index (χ4v) is 3.26. The Morgan fingerprint density at radius 1 is 1.08 bits per heavy atom. The van der Waals surface area contributed by atoms with Gasteiger partial charge in [0.15, 0.2) is 5.78 Å². The number of ketones is 1. The molecule has 25 heavy (non-hydrogen) atoms. The molecule has 2 rings (SSSR count). The smallest absolute Gasteiger partial charge is 0.332 e. The normalized spacial score (nSPS) is 17.1. The van der Waals surface area contributed by atoms with Crippen LogP contribution in [0.2, 0.25) is 0 Å². The number of aliphatic carboxylic acids is 2. The number of hydrogen-bond donors (Lipinski definition) is 2. The summed E-state index contributed by atoms with van der Waals surface area (Å²) in [4.78, 5) is 35.7. The number of allylic oxidation sites excluding steroid dienone is 1. The topological polar surface area (TPSA) is 91.7 Å². The first-order valence-electron chi connectivity index (χ1n) is 8.66. The van der Waals surface area contributed by atoms with E-state index < -0.39 is 17.9 Å². The summed E-state index contributed by atoms with van der Waals surface area (Å²) < 4.78 is 0. The van der Waals surface area contributed by atoms with Crippen molar-refractivity contribution in [2.45, 2.75) is 45.4 Å². The molecule has 2 N–H and O–H groups in total. The zero-order valence-corrected chi connectivity index (χ0v) is 14.4. The van der Waals surface area contributed by atoms with Crippen molar-refractivity contribution in [3.8, 4) is 0 Å². The summed E-state index contributed by atoms with van der Waals surface area (Å²) in [6.07, 6.45) is 6.14.